The van der Waals surface area contributed by atoms with Crippen LogP contribution in [0.5, 0.6) is 0 Å². The molecule has 0 amide bonds. The van der Waals surface area contributed by atoms with Crippen LogP contribution in [0.25, 0.3) is 0 Å². The van der Waals surface area contributed by atoms with Gasteiger partial charge in [-0.2, -0.15) is 0 Å². The van der Waals surface area contributed by atoms with Crippen LogP contribution in [0.2, 0.25) is 0 Å². The number of rotatable bonds is 5. The van der Waals surface area contributed by atoms with Gasteiger partial charge in [0.1, 0.15) is 11.2 Å². The van der Waals surface area contributed by atoms with Crippen LogP contribution in [-0.2, 0) is 10.0 Å². The Kier molecular flexibility index (Phi) is 4.26. The van der Waals surface area contributed by atoms with Crippen molar-refractivity contribution in [2.45, 2.75) is 43.0 Å². The molecule has 21 heavy (non-hydrogen) atoms. The second-order valence-electron chi connectivity index (χ2n) is 5.62. The lowest BCUT2D eigenvalue weighted by molar-refractivity contribution is 0.477. The molecule has 1 fully saturated rings. The van der Waals surface area contributed by atoms with E-state index in [1.54, 1.807) is 24.3 Å². The molecule has 3 rings (SSSR count). The average molecular weight is 307 g/mol. The summed E-state index contributed by atoms with van der Waals surface area (Å²) in [5.74, 6) is 0. The number of fused-ring (bicyclic) bond motifs is 1. The first-order valence-electron chi connectivity index (χ1n) is 7.56. The molecule has 5 nitrogen and oxygen atoms in total. The van der Waals surface area contributed by atoms with Crippen molar-refractivity contribution in [3.05, 3.63) is 24.3 Å². The van der Waals surface area contributed by atoms with Crippen molar-refractivity contribution in [2.75, 3.05) is 13.1 Å². The molecule has 6 heteroatoms. The molecular weight excluding hydrogens is 286 g/mol. The smallest absolute Gasteiger partial charge is 0.267 e. The summed E-state index contributed by atoms with van der Waals surface area (Å²) in [5, 5.41) is 3.50. The fourth-order valence-electron chi connectivity index (χ4n) is 2.95. The second kappa shape index (κ2) is 6.15. The molecule has 0 radical (unpaired) electrons. The Morgan fingerprint density at radius 3 is 2.81 bits per heavy atom. The lowest BCUT2D eigenvalue weighted by Crippen LogP contribution is -2.35. The molecule has 0 spiro atoms. The third-order valence-corrected chi connectivity index (χ3v) is 5.92. The summed E-state index contributed by atoms with van der Waals surface area (Å²) in [5.41, 5.74) is 0.526. The first kappa shape index (κ1) is 14.5. The largest absolute Gasteiger partial charge is 0.314 e. The predicted molar refractivity (Wildman–Crippen MR) is 83.4 cm³/mol. The molecule has 2 aliphatic rings. The average Bonchev–Trinajstić information content (AvgIpc) is 2.99. The fraction of sp³-hybridized carbons (Fsp3) is 0.533. The minimum atomic E-state index is -3.43. The van der Waals surface area contributed by atoms with Crippen LogP contribution < -0.4 is 5.32 Å². The highest BCUT2D eigenvalue weighted by molar-refractivity contribution is 7.89. The van der Waals surface area contributed by atoms with Gasteiger partial charge in [-0.15, -0.1) is 0 Å². The number of benzene rings is 1. The Hall–Kier alpha value is -1.40. The Morgan fingerprint density at radius 2 is 2.00 bits per heavy atom. The number of para-hydroxylation sites is 1. The Balaban J connectivity index is 1.57. The van der Waals surface area contributed by atoms with Crippen LogP contribution in [0.15, 0.2) is 34.2 Å². The maximum Gasteiger partial charge on any atom is 0.267 e. The van der Waals surface area contributed by atoms with Crippen LogP contribution >= 0.6 is 0 Å². The molecule has 0 aromatic heterocycles. The summed E-state index contributed by atoms with van der Waals surface area (Å²) in [6.07, 6.45) is 7.34. The van der Waals surface area contributed by atoms with E-state index in [-0.39, 0.29) is 0 Å². The van der Waals surface area contributed by atoms with Crippen molar-refractivity contribution in [1.82, 2.24) is 9.62 Å². The number of aliphatic imine (C=N–C) groups is 1. The number of hydrogen-bond donors (Lipinski definition) is 1. The van der Waals surface area contributed by atoms with Crippen molar-refractivity contribution in [3.63, 3.8) is 0 Å². The van der Waals surface area contributed by atoms with Gasteiger partial charge in [-0.25, -0.2) is 13.4 Å². The highest BCUT2D eigenvalue weighted by atomic mass is 32.2. The van der Waals surface area contributed by atoms with Gasteiger partial charge in [0.25, 0.3) is 10.0 Å². The van der Waals surface area contributed by atoms with Gasteiger partial charge in [0.15, 0.2) is 0 Å². The zero-order valence-corrected chi connectivity index (χ0v) is 12.8. The fourth-order valence-corrected chi connectivity index (χ4v) is 4.37. The highest BCUT2D eigenvalue weighted by Gasteiger charge is 2.27. The maximum atomic E-state index is 12.5. The van der Waals surface area contributed by atoms with Gasteiger partial charge in [-0.1, -0.05) is 25.0 Å². The van der Waals surface area contributed by atoms with E-state index in [0.29, 0.717) is 23.2 Å². The molecule has 114 valence electrons. The van der Waals surface area contributed by atoms with Crippen LogP contribution in [0.1, 0.15) is 32.1 Å². The summed E-state index contributed by atoms with van der Waals surface area (Å²) >= 11 is 0. The van der Waals surface area contributed by atoms with Gasteiger partial charge in [-0.05, 0) is 37.9 Å². The summed E-state index contributed by atoms with van der Waals surface area (Å²) in [4.78, 5) is 4.53. The first-order chi connectivity index (χ1) is 10.2. The molecule has 1 N–H and O–H groups in total. The molecule has 1 aliphatic heterocycles. The number of hydrogen-bond acceptors (Lipinski definition) is 4. The molecule has 0 atom stereocenters. The quantitative estimate of drug-likeness (QED) is 0.849. The van der Waals surface area contributed by atoms with Crippen molar-refractivity contribution < 1.29 is 8.42 Å². The Labute approximate surface area is 126 Å². The van der Waals surface area contributed by atoms with Gasteiger partial charge in [0.2, 0.25) is 0 Å². The molecule has 0 unspecified atom stereocenters. The monoisotopic (exact) mass is 307 g/mol. The molecular formula is C15H21N3O2S. The van der Waals surface area contributed by atoms with Crippen LogP contribution in [0, 0.1) is 0 Å². The predicted octanol–water partition coefficient (Wildman–Crippen LogP) is 2.27. The second-order valence-corrected chi connectivity index (χ2v) is 7.48. The van der Waals surface area contributed by atoms with E-state index in [2.05, 4.69) is 10.3 Å². The Bertz CT molecular complexity index is 622. The molecule has 0 bridgehead atoms. The van der Waals surface area contributed by atoms with E-state index < -0.39 is 10.0 Å². The summed E-state index contributed by atoms with van der Waals surface area (Å²) in [7, 11) is -3.43. The molecule has 0 saturated heterocycles. The molecule has 1 saturated carbocycles. The van der Waals surface area contributed by atoms with Gasteiger partial charge in [0, 0.05) is 12.6 Å². The lowest BCUT2D eigenvalue weighted by Gasteiger charge is -2.24. The van der Waals surface area contributed by atoms with Gasteiger partial charge in [-0.3, -0.25) is 4.31 Å². The maximum absolute atomic E-state index is 12.5. The van der Waals surface area contributed by atoms with Crippen molar-refractivity contribution >= 4 is 22.0 Å². The number of nitrogens with zero attached hydrogens (tertiary/aromatic N) is 2. The zero-order valence-electron chi connectivity index (χ0n) is 12.0. The van der Waals surface area contributed by atoms with Gasteiger partial charge >= 0.3 is 0 Å². The normalized spacial score (nSPS) is 20.7. The van der Waals surface area contributed by atoms with Gasteiger partial charge < -0.3 is 5.32 Å². The Morgan fingerprint density at radius 1 is 1.24 bits per heavy atom. The molecule has 1 aliphatic carbocycles. The van der Waals surface area contributed by atoms with E-state index in [1.807, 2.05) is 0 Å². The molecule has 1 aromatic carbocycles. The third kappa shape index (κ3) is 3.11. The molecule has 1 heterocycles. The SMILES string of the molecule is O=S1(=O)c2ccccc2N=CN1CCCNC1CCCC1. The third-order valence-electron chi connectivity index (χ3n) is 4.12. The lowest BCUT2D eigenvalue weighted by atomic mass is 10.2. The highest BCUT2D eigenvalue weighted by Crippen LogP contribution is 2.29. The number of nitrogens with one attached hydrogen (secondary N) is 1. The van der Waals surface area contributed by atoms with Crippen LogP contribution in [-0.4, -0.2) is 38.2 Å². The van der Waals surface area contributed by atoms with E-state index in [4.69, 9.17) is 0 Å². The number of sulfonamides is 1. The standard InChI is InChI=1S/C15H21N3O2S/c19-21(20)15-9-4-3-8-14(15)17-12-18(21)11-5-10-16-13-6-1-2-7-13/h3-4,8-9,12-13,16H,1-2,5-7,10-11H2. The van der Waals surface area contributed by atoms with E-state index in [1.165, 1.54) is 36.3 Å². The van der Waals surface area contributed by atoms with E-state index in [9.17, 15) is 8.42 Å². The van der Waals surface area contributed by atoms with Crippen molar-refractivity contribution in [3.8, 4) is 0 Å². The summed E-state index contributed by atoms with van der Waals surface area (Å²) in [6.45, 7) is 1.33. The zero-order chi connectivity index (χ0) is 14.7. The van der Waals surface area contributed by atoms with Crippen molar-refractivity contribution in [2.24, 2.45) is 4.99 Å². The van der Waals surface area contributed by atoms with Crippen molar-refractivity contribution in [1.29, 1.82) is 0 Å². The van der Waals surface area contributed by atoms with Crippen LogP contribution in [0.4, 0.5) is 5.69 Å². The van der Waals surface area contributed by atoms with E-state index in [0.717, 1.165) is 13.0 Å². The summed E-state index contributed by atoms with van der Waals surface area (Å²) < 4.78 is 26.3. The van der Waals surface area contributed by atoms with Crippen LogP contribution in [0.3, 0.4) is 0 Å². The topological polar surface area (TPSA) is 61.8 Å². The molecule has 1 aromatic rings. The van der Waals surface area contributed by atoms with Gasteiger partial charge in [0.05, 0.1) is 5.69 Å². The van der Waals surface area contributed by atoms with E-state index >= 15 is 0 Å². The summed E-state index contributed by atoms with van der Waals surface area (Å²) in [6, 6.07) is 7.49. The first-order valence-corrected chi connectivity index (χ1v) is 9.00. The minimum absolute atomic E-state index is 0.302. The minimum Gasteiger partial charge on any atom is -0.314 e.